The molecule has 2 aliphatic heterocycles. The summed E-state index contributed by atoms with van der Waals surface area (Å²) >= 11 is 0. The number of hydrogen-bond donors (Lipinski definition) is 2. The minimum Gasteiger partial charge on any atom is -0.342 e. The van der Waals surface area contributed by atoms with Gasteiger partial charge in [-0.05, 0) is 30.9 Å². The highest BCUT2D eigenvalue weighted by molar-refractivity contribution is 5.97. The Morgan fingerprint density at radius 1 is 1.23 bits per heavy atom. The van der Waals surface area contributed by atoms with E-state index in [0.717, 1.165) is 32.4 Å². The Labute approximate surface area is 149 Å². The summed E-state index contributed by atoms with van der Waals surface area (Å²) in [5.74, 6) is -1.44. The highest BCUT2D eigenvalue weighted by Gasteiger charge is 2.40. The first-order chi connectivity index (χ1) is 12.7. The van der Waals surface area contributed by atoms with Crippen molar-refractivity contribution < 1.29 is 4.79 Å². The predicted molar refractivity (Wildman–Crippen MR) is 94.7 cm³/mol. The zero-order valence-corrected chi connectivity index (χ0v) is 14.1. The molecule has 0 bridgehead atoms. The molecule has 0 aliphatic carbocycles. The van der Waals surface area contributed by atoms with Crippen LogP contribution in [-0.4, -0.2) is 33.9 Å². The second kappa shape index (κ2) is 6.59. The van der Waals surface area contributed by atoms with Gasteiger partial charge in [-0.2, -0.15) is 10.2 Å². The summed E-state index contributed by atoms with van der Waals surface area (Å²) < 4.78 is 0. The van der Waals surface area contributed by atoms with Crippen LogP contribution in [0.2, 0.25) is 0 Å². The molecule has 132 valence electrons. The fourth-order valence-corrected chi connectivity index (χ4v) is 3.67. The minimum absolute atomic E-state index is 0.236. The van der Waals surface area contributed by atoms with Crippen LogP contribution in [0.3, 0.4) is 0 Å². The normalized spacial score (nSPS) is 22.3. The van der Waals surface area contributed by atoms with Gasteiger partial charge in [0, 0.05) is 31.4 Å². The SMILES string of the molecule is N#CC1C(=O)Nc2nc(N3CCCCC3)[nH]c(=O)c2C1c1cccnc1. The molecule has 0 spiro atoms. The van der Waals surface area contributed by atoms with Crippen LogP contribution in [-0.2, 0) is 4.79 Å². The average molecular weight is 350 g/mol. The molecule has 2 atom stereocenters. The number of nitrogens with zero attached hydrogens (tertiary/aromatic N) is 4. The summed E-state index contributed by atoms with van der Waals surface area (Å²) in [5, 5.41) is 12.1. The van der Waals surface area contributed by atoms with Crippen molar-refractivity contribution in [2.45, 2.75) is 25.2 Å². The van der Waals surface area contributed by atoms with Gasteiger partial charge in [-0.15, -0.1) is 0 Å². The third-order valence-electron chi connectivity index (χ3n) is 4.95. The maximum Gasteiger partial charge on any atom is 0.258 e. The molecule has 2 N–H and O–H groups in total. The van der Waals surface area contributed by atoms with Crippen LogP contribution in [0, 0.1) is 17.2 Å². The van der Waals surface area contributed by atoms with E-state index in [-0.39, 0.29) is 11.4 Å². The second-order valence-corrected chi connectivity index (χ2v) is 6.56. The lowest BCUT2D eigenvalue weighted by Crippen LogP contribution is -2.40. The molecule has 1 saturated heterocycles. The largest absolute Gasteiger partial charge is 0.342 e. The number of hydrogen-bond acceptors (Lipinski definition) is 6. The van der Waals surface area contributed by atoms with Crippen molar-refractivity contribution in [3.63, 3.8) is 0 Å². The molecule has 0 aromatic carbocycles. The van der Waals surface area contributed by atoms with Crippen LogP contribution in [0.25, 0.3) is 0 Å². The monoisotopic (exact) mass is 350 g/mol. The minimum atomic E-state index is -1.00. The van der Waals surface area contributed by atoms with Crippen molar-refractivity contribution in [2.24, 2.45) is 5.92 Å². The molecular formula is C18H18N6O2. The molecule has 1 amide bonds. The molecule has 2 aliphatic rings. The Hall–Kier alpha value is -3.21. The van der Waals surface area contributed by atoms with Gasteiger partial charge in [0.15, 0.2) is 0 Å². The zero-order chi connectivity index (χ0) is 18.1. The number of carbonyl (C=O) groups excluding carboxylic acids is 1. The van der Waals surface area contributed by atoms with Gasteiger partial charge in [-0.25, -0.2) is 0 Å². The van der Waals surface area contributed by atoms with Crippen LogP contribution < -0.4 is 15.8 Å². The Kier molecular flexibility index (Phi) is 4.13. The van der Waals surface area contributed by atoms with Gasteiger partial charge < -0.3 is 10.2 Å². The van der Waals surface area contributed by atoms with E-state index in [1.165, 1.54) is 0 Å². The average Bonchev–Trinajstić information content (AvgIpc) is 2.68. The Balaban J connectivity index is 1.84. The van der Waals surface area contributed by atoms with E-state index in [4.69, 9.17) is 0 Å². The first-order valence-corrected chi connectivity index (χ1v) is 8.68. The van der Waals surface area contributed by atoms with Gasteiger partial charge in [0.2, 0.25) is 11.9 Å². The number of pyridine rings is 1. The quantitative estimate of drug-likeness (QED) is 0.845. The predicted octanol–water partition coefficient (Wildman–Crippen LogP) is 1.38. The maximum atomic E-state index is 12.9. The van der Waals surface area contributed by atoms with Crippen molar-refractivity contribution in [3.8, 4) is 6.07 Å². The van der Waals surface area contributed by atoms with Crippen molar-refractivity contribution in [3.05, 3.63) is 46.0 Å². The number of amides is 1. The van der Waals surface area contributed by atoms with Gasteiger partial charge >= 0.3 is 0 Å². The highest BCUT2D eigenvalue weighted by Crippen LogP contribution is 2.37. The highest BCUT2D eigenvalue weighted by atomic mass is 16.2. The number of nitrogens with one attached hydrogen (secondary N) is 2. The molecule has 2 unspecified atom stereocenters. The van der Waals surface area contributed by atoms with Crippen LogP contribution in [0.1, 0.15) is 36.3 Å². The van der Waals surface area contributed by atoms with E-state index in [9.17, 15) is 14.9 Å². The number of fused-ring (bicyclic) bond motifs is 1. The maximum absolute atomic E-state index is 12.9. The van der Waals surface area contributed by atoms with Crippen molar-refractivity contribution in [2.75, 3.05) is 23.3 Å². The number of aromatic nitrogens is 3. The van der Waals surface area contributed by atoms with Gasteiger partial charge in [0.05, 0.1) is 11.6 Å². The number of nitriles is 1. The fourth-order valence-electron chi connectivity index (χ4n) is 3.67. The zero-order valence-electron chi connectivity index (χ0n) is 14.1. The third-order valence-corrected chi connectivity index (χ3v) is 4.95. The summed E-state index contributed by atoms with van der Waals surface area (Å²) in [6, 6.07) is 5.51. The molecule has 4 rings (SSSR count). The Morgan fingerprint density at radius 3 is 2.73 bits per heavy atom. The Morgan fingerprint density at radius 2 is 2.04 bits per heavy atom. The van der Waals surface area contributed by atoms with Crippen LogP contribution in [0.15, 0.2) is 29.3 Å². The molecule has 26 heavy (non-hydrogen) atoms. The Bertz CT molecular complexity index is 927. The van der Waals surface area contributed by atoms with Gasteiger partial charge in [-0.1, -0.05) is 6.07 Å². The molecule has 8 heteroatoms. The number of piperidine rings is 1. The van der Waals surface area contributed by atoms with Crippen molar-refractivity contribution >= 4 is 17.7 Å². The van der Waals surface area contributed by atoms with E-state index in [2.05, 4.69) is 20.3 Å². The molecule has 2 aromatic heterocycles. The topological polar surface area (TPSA) is 115 Å². The molecule has 2 aromatic rings. The summed E-state index contributed by atoms with van der Waals surface area (Å²) in [7, 11) is 0. The smallest absolute Gasteiger partial charge is 0.258 e. The number of carbonyl (C=O) groups is 1. The first-order valence-electron chi connectivity index (χ1n) is 8.68. The van der Waals surface area contributed by atoms with E-state index in [1.54, 1.807) is 24.5 Å². The summed E-state index contributed by atoms with van der Waals surface area (Å²) in [6.07, 6.45) is 6.44. The van der Waals surface area contributed by atoms with E-state index < -0.39 is 17.7 Å². The fraction of sp³-hybridized carbons (Fsp3) is 0.389. The van der Waals surface area contributed by atoms with Crippen LogP contribution in [0.4, 0.5) is 11.8 Å². The molecule has 0 saturated carbocycles. The number of anilines is 2. The molecular weight excluding hydrogens is 332 g/mol. The van der Waals surface area contributed by atoms with E-state index in [0.29, 0.717) is 17.1 Å². The van der Waals surface area contributed by atoms with Crippen LogP contribution in [0.5, 0.6) is 0 Å². The number of rotatable bonds is 2. The van der Waals surface area contributed by atoms with Crippen molar-refractivity contribution in [1.29, 1.82) is 5.26 Å². The van der Waals surface area contributed by atoms with Crippen molar-refractivity contribution in [1.82, 2.24) is 15.0 Å². The number of H-pyrrole nitrogens is 1. The molecule has 0 radical (unpaired) electrons. The summed E-state index contributed by atoms with van der Waals surface area (Å²) in [4.78, 5) is 38.8. The molecule has 4 heterocycles. The lowest BCUT2D eigenvalue weighted by atomic mass is 9.80. The lowest BCUT2D eigenvalue weighted by molar-refractivity contribution is -0.119. The van der Waals surface area contributed by atoms with E-state index >= 15 is 0 Å². The van der Waals surface area contributed by atoms with Gasteiger partial charge in [0.25, 0.3) is 5.56 Å². The molecule has 1 fully saturated rings. The second-order valence-electron chi connectivity index (χ2n) is 6.56. The third kappa shape index (κ3) is 2.71. The summed E-state index contributed by atoms with van der Waals surface area (Å²) in [5.41, 5.74) is 0.628. The lowest BCUT2D eigenvalue weighted by Gasteiger charge is -2.31. The van der Waals surface area contributed by atoms with Crippen LogP contribution >= 0.6 is 0 Å². The van der Waals surface area contributed by atoms with Gasteiger partial charge in [0.1, 0.15) is 11.7 Å². The number of aromatic amines is 1. The molecule has 8 nitrogen and oxygen atoms in total. The van der Waals surface area contributed by atoms with E-state index in [1.807, 2.05) is 11.0 Å². The van der Waals surface area contributed by atoms with Gasteiger partial charge in [-0.3, -0.25) is 19.6 Å². The standard InChI is InChI=1S/C18H18N6O2/c19-9-12-13(11-5-4-6-20-10-11)14-15(21-16(12)25)22-18(23-17(14)26)24-7-2-1-3-8-24/h4-6,10,12-13H,1-3,7-8H2,(H2,21,22,23,25,26). The summed E-state index contributed by atoms with van der Waals surface area (Å²) in [6.45, 7) is 1.64. The first kappa shape index (κ1) is 16.3.